The maximum atomic E-state index is 12.8. The smallest absolute Gasteiger partial charge is 0.407 e. The van der Waals surface area contributed by atoms with Crippen LogP contribution in [0.2, 0.25) is 0 Å². The molecule has 0 aromatic heterocycles. The number of ether oxygens (including phenoxy) is 1. The summed E-state index contributed by atoms with van der Waals surface area (Å²) in [7, 11) is 3.45. The van der Waals surface area contributed by atoms with Crippen LogP contribution < -0.4 is 10.6 Å². The van der Waals surface area contributed by atoms with Gasteiger partial charge >= 0.3 is 12.1 Å². The summed E-state index contributed by atoms with van der Waals surface area (Å²) in [5.41, 5.74) is 4.46. The van der Waals surface area contributed by atoms with Gasteiger partial charge in [-0.25, -0.2) is 9.59 Å². The Labute approximate surface area is 200 Å². The Kier molecular flexibility index (Phi) is 8.28. The van der Waals surface area contributed by atoms with Crippen molar-refractivity contribution in [2.24, 2.45) is 5.92 Å². The van der Waals surface area contributed by atoms with Gasteiger partial charge in [-0.2, -0.15) is 0 Å². The highest BCUT2D eigenvalue weighted by Crippen LogP contribution is 2.44. The second-order valence-electron chi connectivity index (χ2n) is 9.31. The Morgan fingerprint density at radius 1 is 0.941 bits per heavy atom. The SMILES string of the molecule is CC(C)CC(NC(=O)OCC1c2ccccc2-c2ccccc21)C(=O)NC(CN(C)C)C(=O)O. The van der Waals surface area contributed by atoms with E-state index in [-0.39, 0.29) is 25.0 Å². The van der Waals surface area contributed by atoms with E-state index in [0.717, 1.165) is 22.3 Å². The molecule has 8 heteroatoms. The van der Waals surface area contributed by atoms with E-state index in [1.165, 1.54) is 0 Å². The molecule has 3 N–H and O–H groups in total. The van der Waals surface area contributed by atoms with Crippen LogP contribution in [0.1, 0.15) is 37.3 Å². The topological polar surface area (TPSA) is 108 Å². The van der Waals surface area contributed by atoms with E-state index in [9.17, 15) is 19.5 Å². The Morgan fingerprint density at radius 2 is 1.50 bits per heavy atom. The number of nitrogens with zero attached hydrogens (tertiary/aromatic N) is 1. The number of hydrogen-bond donors (Lipinski definition) is 3. The number of carboxylic acids is 1. The molecule has 2 atom stereocenters. The summed E-state index contributed by atoms with van der Waals surface area (Å²) >= 11 is 0. The zero-order valence-electron chi connectivity index (χ0n) is 20.1. The van der Waals surface area contributed by atoms with Crippen molar-refractivity contribution in [3.8, 4) is 11.1 Å². The van der Waals surface area contributed by atoms with E-state index in [0.29, 0.717) is 6.42 Å². The van der Waals surface area contributed by atoms with E-state index in [1.54, 1.807) is 19.0 Å². The van der Waals surface area contributed by atoms with Gasteiger partial charge in [0.05, 0.1) is 0 Å². The summed E-state index contributed by atoms with van der Waals surface area (Å²) in [6.45, 7) is 4.12. The molecular weight excluding hydrogens is 434 g/mol. The molecule has 0 fully saturated rings. The van der Waals surface area contributed by atoms with Crippen LogP contribution in [0.25, 0.3) is 11.1 Å². The molecular formula is C26H33N3O5. The van der Waals surface area contributed by atoms with Crippen LogP contribution >= 0.6 is 0 Å². The Balaban J connectivity index is 1.66. The number of fused-ring (bicyclic) bond motifs is 3. The highest BCUT2D eigenvalue weighted by Gasteiger charge is 2.31. The van der Waals surface area contributed by atoms with Gasteiger partial charge in [0.25, 0.3) is 0 Å². The van der Waals surface area contributed by atoms with Gasteiger partial charge in [0.15, 0.2) is 0 Å². The lowest BCUT2D eigenvalue weighted by Crippen LogP contribution is -2.54. The number of alkyl carbamates (subject to hydrolysis) is 1. The van der Waals surface area contributed by atoms with Crippen LogP contribution in [0.5, 0.6) is 0 Å². The molecule has 0 aliphatic heterocycles. The van der Waals surface area contributed by atoms with Gasteiger partial charge in [0.1, 0.15) is 18.7 Å². The van der Waals surface area contributed by atoms with Crippen molar-refractivity contribution in [3.63, 3.8) is 0 Å². The number of nitrogens with one attached hydrogen (secondary N) is 2. The fraction of sp³-hybridized carbons (Fsp3) is 0.423. The van der Waals surface area contributed by atoms with E-state index in [2.05, 4.69) is 22.8 Å². The first-order chi connectivity index (χ1) is 16.2. The molecule has 182 valence electrons. The lowest BCUT2D eigenvalue weighted by atomic mass is 9.98. The van der Waals surface area contributed by atoms with Crippen molar-refractivity contribution in [1.29, 1.82) is 0 Å². The van der Waals surface area contributed by atoms with Crippen LogP contribution in [0.15, 0.2) is 48.5 Å². The molecule has 0 heterocycles. The molecule has 3 rings (SSSR count). The molecule has 2 unspecified atom stereocenters. The monoisotopic (exact) mass is 467 g/mol. The number of carbonyl (C=O) groups excluding carboxylic acids is 2. The van der Waals surface area contributed by atoms with Crippen LogP contribution in [-0.2, 0) is 14.3 Å². The number of benzene rings is 2. The molecule has 1 aliphatic carbocycles. The predicted molar refractivity (Wildman–Crippen MR) is 130 cm³/mol. The van der Waals surface area contributed by atoms with Crippen molar-refractivity contribution >= 4 is 18.0 Å². The molecule has 2 aromatic carbocycles. The van der Waals surface area contributed by atoms with Crippen molar-refractivity contribution < 1.29 is 24.2 Å². The number of rotatable bonds is 10. The minimum Gasteiger partial charge on any atom is -0.480 e. The molecule has 34 heavy (non-hydrogen) atoms. The van der Waals surface area contributed by atoms with Gasteiger partial charge in [0, 0.05) is 12.5 Å². The zero-order valence-corrected chi connectivity index (χ0v) is 20.1. The fourth-order valence-electron chi connectivity index (χ4n) is 4.31. The number of amides is 2. The highest BCUT2D eigenvalue weighted by molar-refractivity contribution is 5.89. The van der Waals surface area contributed by atoms with E-state index < -0.39 is 30.1 Å². The Bertz CT molecular complexity index is 991. The van der Waals surface area contributed by atoms with E-state index >= 15 is 0 Å². The Hall–Kier alpha value is -3.39. The van der Waals surface area contributed by atoms with E-state index in [1.807, 2.05) is 50.2 Å². The summed E-state index contributed by atoms with van der Waals surface area (Å²) in [6, 6.07) is 14.1. The Morgan fingerprint density at radius 3 is 2.00 bits per heavy atom. The molecule has 0 spiro atoms. The summed E-state index contributed by atoms with van der Waals surface area (Å²) < 4.78 is 5.56. The number of aliphatic carboxylic acids is 1. The minimum atomic E-state index is -1.13. The number of carboxylic acid groups (broad SMARTS) is 1. The second-order valence-corrected chi connectivity index (χ2v) is 9.31. The molecule has 2 amide bonds. The summed E-state index contributed by atoms with van der Waals surface area (Å²) in [6.07, 6.45) is -0.355. The standard InChI is InChI=1S/C26H33N3O5/c1-16(2)13-22(24(30)27-23(25(31)32)14-29(3)4)28-26(33)34-15-21-19-11-7-5-9-17(19)18-10-6-8-12-20(18)21/h5-12,16,21-23H,13-15H2,1-4H3,(H,27,30)(H,28,33)(H,31,32). The minimum absolute atomic E-state index is 0.0907. The van der Waals surface area contributed by atoms with Crippen LogP contribution in [0, 0.1) is 5.92 Å². The van der Waals surface area contributed by atoms with Gasteiger partial charge in [-0.05, 0) is 48.7 Å². The lowest BCUT2D eigenvalue weighted by Gasteiger charge is -2.24. The predicted octanol–water partition coefficient (Wildman–Crippen LogP) is 3.07. The van der Waals surface area contributed by atoms with Gasteiger partial charge in [-0.15, -0.1) is 0 Å². The van der Waals surface area contributed by atoms with Crippen LogP contribution in [-0.4, -0.2) is 67.3 Å². The van der Waals surface area contributed by atoms with Crippen LogP contribution in [0.4, 0.5) is 4.79 Å². The van der Waals surface area contributed by atoms with Crippen molar-refractivity contribution in [2.75, 3.05) is 27.2 Å². The first-order valence-electron chi connectivity index (χ1n) is 11.5. The first-order valence-corrected chi connectivity index (χ1v) is 11.5. The molecule has 8 nitrogen and oxygen atoms in total. The largest absolute Gasteiger partial charge is 0.480 e. The fourth-order valence-corrected chi connectivity index (χ4v) is 4.31. The second kappa shape index (κ2) is 11.2. The third-order valence-corrected chi connectivity index (χ3v) is 5.82. The highest BCUT2D eigenvalue weighted by atomic mass is 16.5. The lowest BCUT2D eigenvalue weighted by molar-refractivity contribution is -0.142. The van der Waals surface area contributed by atoms with Crippen molar-refractivity contribution in [1.82, 2.24) is 15.5 Å². The maximum Gasteiger partial charge on any atom is 0.407 e. The molecule has 2 aromatic rings. The average Bonchev–Trinajstić information content (AvgIpc) is 3.10. The molecule has 1 aliphatic rings. The normalized spacial score (nSPS) is 14.3. The average molecular weight is 468 g/mol. The third-order valence-electron chi connectivity index (χ3n) is 5.82. The van der Waals surface area contributed by atoms with Crippen LogP contribution in [0.3, 0.4) is 0 Å². The zero-order chi connectivity index (χ0) is 24.8. The van der Waals surface area contributed by atoms with Gasteiger partial charge in [-0.1, -0.05) is 62.4 Å². The quantitative estimate of drug-likeness (QED) is 0.496. The first kappa shape index (κ1) is 25.2. The third kappa shape index (κ3) is 6.14. The number of hydrogen-bond acceptors (Lipinski definition) is 5. The summed E-state index contributed by atoms with van der Waals surface area (Å²) in [5, 5.41) is 14.6. The molecule has 0 saturated heterocycles. The number of carbonyl (C=O) groups is 3. The number of likely N-dealkylation sites (N-methyl/N-ethyl adjacent to an activating group) is 1. The molecule has 0 saturated carbocycles. The summed E-state index contributed by atoms with van der Waals surface area (Å²) in [4.78, 5) is 38.7. The van der Waals surface area contributed by atoms with Crippen molar-refractivity contribution in [3.05, 3.63) is 59.7 Å². The van der Waals surface area contributed by atoms with Gasteiger partial charge in [0.2, 0.25) is 5.91 Å². The van der Waals surface area contributed by atoms with Gasteiger partial charge in [-0.3, -0.25) is 4.79 Å². The maximum absolute atomic E-state index is 12.8. The molecule has 0 bridgehead atoms. The van der Waals surface area contributed by atoms with Gasteiger partial charge < -0.3 is 25.4 Å². The molecule has 0 radical (unpaired) electrons. The summed E-state index contributed by atoms with van der Waals surface area (Å²) in [5.74, 6) is -1.67. The van der Waals surface area contributed by atoms with Crippen molar-refractivity contribution in [2.45, 2.75) is 38.3 Å². The van der Waals surface area contributed by atoms with E-state index in [4.69, 9.17) is 4.74 Å².